The minimum Gasteiger partial charge on any atom is -0.340 e. The molecule has 0 unspecified atom stereocenters. The first kappa shape index (κ1) is 18.8. The summed E-state index contributed by atoms with van der Waals surface area (Å²) in [7, 11) is 0. The van der Waals surface area contributed by atoms with Gasteiger partial charge in [0.05, 0.1) is 17.6 Å². The van der Waals surface area contributed by atoms with Crippen molar-refractivity contribution in [3.8, 4) is 10.7 Å². The van der Waals surface area contributed by atoms with Crippen molar-refractivity contribution in [3.63, 3.8) is 0 Å². The maximum Gasteiger partial charge on any atom is 0.227 e. The number of rotatable bonds is 8. The third kappa shape index (κ3) is 4.82. The summed E-state index contributed by atoms with van der Waals surface area (Å²) in [5.74, 6) is 1.54. The van der Waals surface area contributed by atoms with Crippen molar-refractivity contribution in [2.24, 2.45) is 0 Å². The van der Waals surface area contributed by atoms with E-state index < -0.39 is 0 Å². The Morgan fingerprint density at radius 1 is 1.21 bits per heavy atom. The van der Waals surface area contributed by atoms with Gasteiger partial charge < -0.3 is 9.42 Å². The molecule has 1 saturated heterocycles. The van der Waals surface area contributed by atoms with E-state index in [1.54, 1.807) is 28.4 Å². The molecule has 10 heteroatoms. The van der Waals surface area contributed by atoms with Gasteiger partial charge in [-0.15, -0.1) is 16.4 Å². The Morgan fingerprint density at radius 2 is 2.11 bits per heavy atom. The number of aryl methyl sites for hydroxylation is 2. The third-order valence-corrected chi connectivity index (χ3v) is 5.69. The van der Waals surface area contributed by atoms with Gasteiger partial charge >= 0.3 is 0 Å². The van der Waals surface area contributed by atoms with Gasteiger partial charge in [-0.1, -0.05) is 16.4 Å². The first-order valence-corrected chi connectivity index (χ1v) is 10.4. The van der Waals surface area contributed by atoms with Gasteiger partial charge in [-0.2, -0.15) is 4.98 Å². The zero-order valence-electron chi connectivity index (χ0n) is 15.6. The third-order valence-electron chi connectivity index (χ3n) is 4.83. The van der Waals surface area contributed by atoms with Gasteiger partial charge in [-0.25, -0.2) is 0 Å². The normalized spacial score (nSPS) is 15.2. The summed E-state index contributed by atoms with van der Waals surface area (Å²) in [6.07, 6.45) is 5.60. The van der Waals surface area contributed by atoms with Crippen molar-refractivity contribution in [2.75, 3.05) is 32.7 Å². The van der Waals surface area contributed by atoms with E-state index in [0.717, 1.165) is 50.4 Å². The zero-order valence-corrected chi connectivity index (χ0v) is 16.4. The number of hydrogen-bond donors (Lipinski definition) is 0. The van der Waals surface area contributed by atoms with E-state index in [4.69, 9.17) is 4.52 Å². The van der Waals surface area contributed by atoms with Crippen molar-refractivity contribution in [2.45, 2.75) is 25.8 Å². The van der Waals surface area contributed by atoms with E-state index in [9.17, 15) is 4.79 Å². The molecule has 3 aromatic rings. The number of hydrogen-bond acceptors (Lipinski definition) is 8. The molecule has 9 nitrogen and oxygen atoms in total. The number of thiophene rings is 1. The average molecular weight is 401 g/mol. The minimum absolute atomic E-state index is 0.183. The summed E-state index contributed by atoms with van der Waals surface area (Å²) < 4.78 is 7.04. The first-order valence-electron chi connectivity index (χ1n) is 9.48. The van der Waals surface area contributed by atoms with Gasteiger partial charge in [0.1, 0.15) is 0 Å². The highest BCUT2D eigenvalue weighted by atomic mass is 32.1. The van der Waals surface area contributed by atoms with Crippen molar-refractivity contribution < 1.29 is 9.32 Å². The Kier molecular flexibility index (Phi) is 6.07. The lowest BCUT2D eigenvalue weighted by Crippen LogP contribution is -2.49. The monoisotopic (exact) mass is 401 g/mol. The largest absolute Gasteiger partial charge is 0.340 e. The molecule has 4 rings (SSSR count). The molecule has 1 aliphatic heterocycles. The predicted molar refractivity (Wildman–Crippen MR) is 104 cm³/mol. The van der Waals surface area contributed by atoms with Gasteiger partial charge in [0.2, 0.25) is 17.6 Å². The van der Waals surface area contributed by atoms with E-state index >= 15 is 0 Å². The summed E-state index contributed by atoms with van der Waals surface area (Å²) in [6, 6.07) is 3.97. The lowest BCUT2D eigenvalue weighted by atomic mass is 10.2. The summed E-state index contributed by atoms with van der Waals surface area (Å²) in [5, 5.41) is 13.7. The van der Waals surface area contributed by atoms with Crippen molar-refractivity contribution in [1.29, 1.82) is 0 Å². The fourth-order valence-electron chi connectivity index (χ4n) is 3.26. The van der Waals surface area contributed by atoms with Crippen LogP contribution >= 0.6 is 11.3 Å². The Bertz CT molecular complexity index is 855. The van der Waals surface area contributed by atoms with Crippen LogP contribution in [-0.2, 0) is 17.8 Å². The van der Waals surface area contributed by atoms with Gasteiger partial charge in [-0.05, 0) is 24.4 Å². The van der Waals surface area contributed by atoms with Crippen LogP contribution in [-0.4, -0.2) is 73.6 Å². The second kappa shape index (κ2) is 9.07. The van der Waals surface area contributed by atoms with Crippen molar-refractivity contribution >= 4 is 17.2 Å². The molecule has 0 bridgehead atoms. The van der Waals surface area contributed by atoms with Gasteiger partial charge in [0.25, 0.3) is 0 Å². The topological polar surface area (TPSA) is 93.2 Å². The molecule has 1 amide bonds. The van der Waals surface area contributed by atoms with Crippen LogP contribution in [0.4, 0.5) is 0 Å². The summed E-state index contributed by atoms with van der Waals surface area (Å²) in [5.41, 5.74) is 0. The molecule has 0 atom stereocenters. The Morgan fingerprint density at radius 3 is 2.86 bits per heavy atom. The maximum atomic E-state index is 12.3. The van der Waals surface area contributed by atoms with Crippen LogP contribution in [0.1, 0.15) is 18.7 Å². The molecule has 0 saturated carbocycles. The Balaban J connectivity index is 1.14. The van der Waals surface area contributed by atoms with Crippen LogP contribution in [0.15, 0.2) is 34.4 Å². The quantitative estimate of drug-likeness (QED) is 0.565. The number of nitrogens with zero attached hydrogens (tertiary/aromatic N) is 7. The Labute approximate surface area is 166 Å². The molecular formula is C18H23N7O2S. The highest BCUT2D eigenvalue weighted by molar-refractivity contribution is 7.13. The van der Waals surface area contributed by atoms with Crippen LogP contribution in [0.2, 0.25) is 0 Å². The smallest absolute Gasteiger partial charge is 0.227 e. The van der Waals surface area contributed by atoms with Gasteiger partial charge in [0.15, 0.2) is 0 Å². The molecule has 0 aliphatic carbocycles. The molecule has 0 spiro atoms. The number of carbonyl (C=O) groups is 1. The molecule has 28 heavy (non-hydrogen) atoms. The molecular weight excluding hydrogens is 378 g/mol. The predicted octanol–water partition coefficient (Wildman–Crippen LogP) is 1.56. The fraction of sp³-hybridized carbons (Fsp3) is 0.500. The lowest BCUT2D eigenvalue weighted by Gasteiger charge is -2.34. The molecule has 4 heterocycles. The van der Waals surface area contributed by atoms with Gasteiger partial charge in [-0.3, -0.25) is 14.4 Å². The summed E-state index contributed by atoms with van der Waals surface area (Å²) in [6.45, 7) is 4.91. The Hall–Kier alpha value is -2.59. The highest BCUT2D eigenvalue weighted by Gasteiger charge is 2.21. The van der Waals surface area contributed by atoms with E-state index in [-0.39, 0.29) is 5.91 Å². The molecule has 1 fully saturated rings. The number of amides is 1. The summed E-state index contributed by atoms with van der Waals surface area (Å²) in [4.78, 5) is 22.1. The van der Waals surface area contributed by atoms with E-state index in [1.165, 1.54) is 0 Å². The van der Waals surface area contributed by atoms with E-state index in [2.05, 4.69) is 25.4 Å². The van der Waals surface area contributed by atoms with Crippen LogP contribution in [0, 0.1) is 0 Å². The minimum atomic E-state index is 0.183. The van der Waals surface area contributed by atoms with E-state index in [0.29, 0.717) is 24.7 Å². The zero-order chi connectivity index (χ0) is 19.2. The molecule has 1 aliphatic rings. The molecule has 0 aromatic carbocycles. The first-order chi connectivity index (χ1) is 13.8. The van der Waals surface area contributed by atoms with E-state index in [1.807, 2.05) is 22.4 Å². The average Bonchev–Trinajstić information content (AvgIpc) is 3.49. The SMILES string of the molecule is O=C(CCn1ccnn1)N1CCN(CCCc2nc(-c3cccs3)no2)CC1. The fourth-order valence-corrected chi connectivity index (χ4v) is 3.91. The van der Waals surface area contributed by atoms with Crippen molar-refractivity contribution in [1.82, 2.24) is 34.9 Å². The summed E-state index contributed by atoms with van der Waals surface area (Å²) >= 11 is 1.61. The van der Waals surface area contributed by atoms with Crippen LogP contribution in [0.25, 0.3) is 10.7 Å². The molecule has 0 N–H and O–H groups in total. The standard InChI is InChI=1S/C18H23N7O2S/c26-17(5-8-25-9-6-19-22-25)24-12-10-23(11-13-24)7-1-4-16-20-18(21-27-16)15-3-2-14-28-15/h2-3,6,9,14H,1,4-5,7-8,10-13H2. The number of piperazine rings is 1. The van der Waals surface area contributed by atoms with Gasteiger partial charge in [0, 0.05) is 45.2 Å². The van der Waals surface area contributed by atoms with Crippen molar-refractivity contribution in [3.05, 3.63) is 35.8 Å². The number of aromatic nitrogens is 5. The lowest BCUT2D eigenvalue weighted by molar-refractivity contribution is -0.133. The second-order valence-electron chi connectivity index (χ2n) is 6.73. The molecule has 0 radical (unpaired) electrons. The van der Waals surface area contributed by atoms with Crippen LogP contribution in [0.5, 0.6) is 0 Å². The van der Waals surface area contributed by atoms with Crippen LogP contribution in [0.3, 0.4) is 0 Å². The molecule has 3 aromatic heterocycles. The molecule has 148 valence electrons. The second-order valence-corrected chi connectivity index (χ2v) is 7.68. The maximum absolute atomic E-state index is 12.3. The number of carbonyl (C=O) groups excluding carboxylic acids is 1. The highest BCUT2D eigenvalue weighted by Crippen LogP contribution is 2.21. The van der Waals surface area contributed by atoms with Crippen LogP contribution < -0.4 is 0 Å².